The van der Waals surface area contributed by atoms with E-state index in [0.717, 1.165) is 58.8 Å². The quantitative estimate of drug-likeness (QED) is 0.482. The number of aromatic nitrogens is 1. The molecule has 3 aromatic rings. The van der Waals surface area contributed by atoms with E-state index >= 15 is 0 Å². The summed E-state index contributed by atoms with van der Waals surface area (Å²) in [6, 6.07) is 12.6. The Kier molecular flexibility index (Phi) is 3.53. The van der Waals surface area contributed by atoms with Gasteiger partial charge in [-0.1, -0.05) is 36.9 Å². The van der Waals surface area contributed by atoms with E-state index in [2.05, 4.69) is 36.9 Å². The van der Waals surface area contributed by atoms with E-state index in [1.807, 2.05) is 23.6 Å². The maximum absolute atomic E-state index is 11.3. The van der Waals surface area contributed by atoms with Gasteiger partial charge in [-0.25, -0.2) is 0 Å². The lowest BCUT2D eigenvalue weighted by atomic mass is 9.42. The fourth-order valence-corrected chi connectivity index (χ4v) is 9.49. The first kappa shape index (κ1) is 18.6. The Hall–Kier alpha value is -2.97. The lowest BCUT2D eigenvalue weighted by molar-refractivity contribution is -0.0417. The molecule has 0 amide bonds. The SMILES string of the molecule is C=C1c2cc(-c3ccccc3)sc2C2(c3c1c(O)n(C#N)c3O)C1CC3CC(C1)CC2C3. The number of nitrogens with zero attached hydrogens (tertiary/aromatic N) is 2. The Labute approximate surface area is 191 Å². The highest BCUT2D eigenvalue weighted by molar-refractivity contribution is 7.16. The highest BCUT2D eigenvalue weighted by Crippen LogP contribution is 2.71. The zero-order valence-corrected chi connectivity index (χ0v) is 18.5. The van der Waals surface area contributed by atoms with E-state index in [0.29, 0.717) is 17.4 Å². The Bertz CT molecular complexity index is 1310. The van der Waals surface area contributed by atoms with Gasteiger partial charge < -0.3 is 10.2 Å². The van der Waals surface area contributed by atoms with Crippen LogP contribution >= 0.6 is 11.3 Å². The average Bonchev–Trinajstić information content (AvgIpc) is 3.34. The molecule has 160 valence electrons. The summed E-state index contributed by atoms with van der Waals surface area (Å²) in [6.45, 7) is 4.36. The Morgan fingerprint density at radius 2 is 1.66 bits per heavy atom. The fraction of sp³-hybridized carbons (Fsp3) is 0.370. The van der Waals surface area contributed by atoms with E-state index in [1.54, 1.807) is 0 Å². The predicted octanol–water partition coefficient (Wildman–Crippen LogP) is 6.07. The molecule has 1 aromatic carbocycles. The number of benzene rings is 1. The van der Waals surface area contributed by atoms with Crippen LogP contribution in [0.25, 0.3) is 16.0 Å². The van der Waals surface area contributed by atoms with Gasteiger partial charge in [0.1, 0.15) is 0 Å². The summed E-state index contributed by atoms with van der Waals surface area (Å²) in [5.74, 6) is 2.12. The lowest BCUT2D eigenvalue weighted by Gasteiger charge is -2.62. The second-order valence-corrected chi connectivity index (χ2v) is 11.3. The van der Waals surface area contributed by atoms with Crippen molar-refractivity contribution < 1.29 is 10.2 Å². The van der Waals surface area contributed by atoms with Crippen molar-refractivity contribution in [1.29, 1.82) is 5.26 Å². The third kappa shape index (κ3) is 2.03. The van der Waals surface area contributed by atoms with Crippen LogP contribution in [0.2, 0.25) is 0 Å². The van der Waals surface area contributed by atoms with Gasteiger partial charge in [0.05, 0.1) is 5.56 Å². The van der Waals surface area contributed by atoms with E-state index in [-0.39, 0.29) is 17.2 Å². The molecule has 5 aliphatic rings. The van der Waals surface area contributed by atoms with E-state index in [1.165, 1.54) is 21.7 Å². The number of fused-ring (bicyclic) bond motifs is 2. The zero-order chi connectivity index (χ0) is 21.8. The van der Waals surface area contributed by atoms with Crippen molar-refractivity contribution in [2.75, 3.05) is 0 Å². The largest absolute Gasteiger partial charge is 0.493 e. The van der Waals surface area contributed by atoms with Crippen LogP contribution in [0.4, 0.5) is 0 Å². The monoisotopic (exact) mass is 440 g/mol. The molecule has 5 aliphatic carbocycles. The lowest BCUT2D eigenvalue weighted by Crippen LogP contribution is -2.56. The summed E-state index contributed by atoms with van der Waals surface area (Å²) in [4.78, 5) is 2.48. The molecule has 2 heterocycles. The zero-order valence-electron chi connectivity index (χ0n) is 17.7. The minimum atomic E-state index is -0.347. The molecular weight excluding hydrogens is 416 g/mol. The number of hydrogen-bond donors (Lipinski definition) is 2. The summed E-state index contributed by atoms with van der Waals surface area (Å²) < 4.78 is 0.997. The first-order chi connectivity index (χ1) is 15.5. The van der Waals surface area contributed by atoms with Crippen LogP contribution in [0.1, 0.15) is 53.7 Å². The fourth-order valence-electron chi connectivity index (χ4n) is 7.94. The molecule has 2 N–H and O–H groups in total. The summed E-state index contributed by atoms with van der Waals surface area (Å²) >= 11 is 1.82. The molecule has 2 aromatic heterocycles. The van der Waals surface area contributed by atoms with E-state index < -0.39 is 0 Å². The molecule has 0 atom stereocenters. The van der Waals surface area contributed by atoms with Crippen molar-refractivity contribution in [3.05, 3.63) is 64.5 Å². The number of nitriles is 1. The van der Waals surface area contributed by atoms with Crippen LogP contribution in [0.3, 0.4) is 0 Å². The highest BCUT2D eigenvalue weighted by Gasteiger charge is 2.63. The maximum Gasteiger partial charge on any atom is 0.216 e. The van der Waals surface area contributed by atoms with Crippen molar-refractivity contribution in [3.8, 4) is 28.4 Å². The summed E-state index contributed by atoms with van der Waals surface area (Å²) in [7, 11) is 0. The topological polar surface area (TPSA) is 69.2 Å². The van der Waals surface area contributed by atoms with E-state index in [4.69, 9.17) is 0 Å². The second-order valence-electron chi connectivity index (χ2n) is 10.2. The molecule has 0 saturated heterocycles. The molecule has 5 heteroatoms. The van der Waals surface area contributed by atoms with Crippen molar-refractivity contribution in [3.63, 3.8) is 0 Å². The van der Waals surface area contributed by atoms with Crippen LogP contribution in [-0.2, 0) is 5.41 Å². The molecule has 1 spiro atoms. The summed E-state index contributed by atoms with van der Waals surface area (Å²) in [5.41, 5.74) is 3.99. The van der Waals surface area contributed by atoms with Gasteiger partial charge in [-0.3, -0.25) is 0 Å². The number of aromatic hydroxyl groups is 2. The van der Waals surface area contributed by atoms with Gasteiger partial charge in [0.2, 0.25) is 11.8 Å². The molecule has 4 saturated carbocycles. The molecule has 0 unspecified atom stereocenters. The van der Waals surface area contributed by atoms with Gasteiger partial charge in [-0.05, 0) is 78.5 Å². The number of hydrogen-bond acceptors (Lipinski definition) is 4. The van der Waals surface area contributed by atoms with Crippen molar-refractivity contribution in [1.82, 2.24) is 4.57 Å². The molecule has 4 nitrogen and oxygen atoms in total. The maximum atomic E-state index is 11.3. The molecule has 4 fully saturated rings. The van der Waals surface area contributed by atoms with Crippen LogP contribution in [0, 0.1) is 35.1 Å². The Morgan fingerprint density at radius 3 is 2.28 bits per heavy atom. The van der Waals surface area contributed by atoms with Crippen LogP contribution in [0.5, 0.6) is 11.8 Å². The van der Waals surface area contributed by atoms with Gasteiger partial charge in [0.15, 0.2) is 6.19 Å². The Balaban J connectivity index is 1.56. The van der Waals surface area contributed by atoms with Crippen molar-refractivity contribution in [2.45, 2.75) is 37.5 Å². The van der Waals surface area contributed by atoms with Gasteiger partial charge in [-0.15, -0.1) is 11.3 Å². The van der Waals surface area contributed by atoms with Crippen LogP contribution in [-0.4, -0.2) is 14.8 Å². The average molecular weight is 441 g/mol. The summed E-state index contributed by atoms with van der Waals surface area (Å²) in [5, 5.41) is 32.1. The van der Waals surface area contributed by atoms with Gasteiger partial charge >= 0.3 is 0 Å². The molecule has 4 bridgehead atoms. The highest BCUT2D eigenvalue weighted by atomic mass is 32.1. The molecule has 0 radical (unpaired) electrons. The molecule has 32 heavy (non-hydrogen) atoms. The molecule has 0 aliphatic heterocycles. The smallest absolute Gasteiger partial charge is 0.216 e. The van der Waals surface area contributed by atoms with Gasteiger partial charge in [0, 0.05) is 20.7 Å². The van der Waals surface area contributed by atoms with Crippen molar-refractivity contribution in [2.24, 2.45) is 23.7 Å². The standard InChI is InChI=1S/C27H24N2O2S/c1-14-20-12-21(17-5-3-2-4-6-17)32-24(20)27(23-22(14)25(30)29(13-28)26(23)31)18-8-15-7-16(10-18)11-19(27)9-15/h2-6,12,15-16,18-19,30-31H,1,7-11H2. The molecule has 8 rings (SSSR count). The van der Waals surface area contributed by atoms with Crippen LogP contribution < -0.4 is 0 Å². The molecular formula is C27H24N2O2S. The normalized spacial score (nSPS) is 31.5. The minimum Gasteiger partial charge on any atom is -0.493 e. The number of thiophene rings is 1. The van der Waals surface area contributed by atoms with Gasteiger partial charge in [0.25, 0.3) is 0 Å². The third-order valence-corrected chi connectivity index (χ3v) is 10.2. The number of rotatable bonds is 1. The second kappa shape index (κ2) is 6.08. The predicted molar refractivity (Wildman–Crippen MR) is 124 cm³/mol. The minimum absolute atomic E-state index is 0.0889. The Morgan fingerprint density at radius 1 is 1.00 bits per heavy atom. The van der Waals surface area contributed by atoms with Crippen LogP contribution in [0.15, 0.2) is 43.0 Å². The van der Waals surface area contributed by atoms with E-state index in [9.17, 15) is 15.5 Å². The van der Waals surface area contributed by atoms with Crippen molar-refractivity contribution >= 4 is 16.9 Å². The summed E-state index contributed by atoms with van der Waals surface area (Å²) in [6.07, 6.45) is 7.97. The first-order valence-corrected chi connectivity index (χ1v) is 12.3. The first-order valence-electron chi connectivity index (χ1n) is 11.5. The third-order valence-electron chi connectivity index (χ3n) is 8.85. The van der Waals surface area contributed by atoms with Gasteiger partial charge in [-0.2, -0.15) is 9.83 Å².